The number of halogens is 3. The van der Waals surface area contributed by atoms with E-state index in [4.69, 9.17) is 34.8 Å². The molecule has 1 fully saturated rings. The fraction of sp³-hybridized carbons (Fsp3) is 0.368. The van der Waals surface area contributed by atoms with Crippen molar-refractivity contribution in [2.75, 3.05) is 0 Å². The van der Waals surface area contributed by atoms with Crippen molar-refractivity contribution >= 4 is 40.7 Å². The van der Waals surface area contributed by atoms with Gasteiger partial charge in [0.05, 0.1) is 5.02 Å². The van der Waals surface area contributed by atoms with Crippen molar-refractivity contribution in [1.82, 2.24) is 9.88 Å². The summed E-state index contributed by atoms with van der Waals surface area (Å²) in [5.41, 5.74) is 1.33. The lowest BCUT2D eigenvalue weighted by molar-refractivity contribution is 0.0415. The summed E-state index contributed by atoms with van der Waals surface area (Å²) in [6, 6.07) is 9.07. The quantitative estimate of drug-likeness (QED) is 0.649. The molecule has 0 saturated heterocycles. The van der Waals surface area contributed by atoms with Crippen LogP contribution >= 0.6 is 34.8 Å². The first kappa shape index (κ1) is 18.5. The Hall–Kier alpha value is -1.29. The monoisotopic (exact) mass is 396 g/mol. The van der Waals surface area contributed by atoms with Gasteiger partial charge in [0.1, 0.15) is 5.69 Å². The highest BCUT2D eigenvalue weighted by atomic mass is 35.5. The molecule has 132 valence electrons. The van der Waals surface area contributed by atoms with Crippen molar-refractivity contribution in [3.8, 4) is 0 Å². The van der Waals surface area contributed by atoms with Gasteiger partial charge in [-0.05, 0) is 56.5 Å². The van der Waals surface area contributed by atoms with Crippen LogP contribution in [0.2, 0.25) is 15.1 Å². The fourth-order valence-corrected chi connectivity index (χ4v) is 4.16. The maximum atomic E-state index is 13.1. The molecule has 2 aromatic rings. The Morgan fingerprint density at radius 2 is 1.92 bits per heavy atom. The van der Waals surface area contributed by atoms with Crippen LogP contribution in [0.25, 0.3) is 0 Å². The molecule has 1 heterocycles. The van der Waals surface area contributed by atoms with Gasteiger partial charge in [-0.2, -0.15) is 0 Å². The van der Waals surface area contributed by atoms with Gasteiger partial charge in [0.2, 0.25) is 0 Å². The van der Waals surface area contributed by atoms with Crippen LogP contribution in [0, 0.1) is 0 Å². The Morgan fingerprint density at radius 3 is 2.48 bits per heavy atom. The largest absolute Gasteiger partial charge is 0.331 e. The third-order valence-electron chi connectivity index (χ3n) is 4.71. The molecule has 6 heteroatoms. The number of aromatic nitrogens is 1. The van der Waals surface area contributed by atoms with Crippen molar-refractivity contribution in [1.29, 1.82) is 0 Å². The van der Waals surface area contributed by atoms with Crippen LogP contribution in [0.5, 0.6) is 0 Å². The molecule has 1 saturated carbocycles. The summed E-state index contributed by atoms with van der Waals surface area (Å²) < 4.78 is 0. The number of carbonyl (C=O) groups is 1. The zero-order valence-corrected chi connectivity index (χ0v) is 16.3. The Balaban J connectivity index is 1.91. The van der Waals surface area contributed by atoms with E-state index in [-0.39, 0.29) is 23.9 Å². The van der Waals surface area contributed by atoms with E-state index < -0.39 is 0 Å². The van der Waals surface area contributed by atoms with E-state index in [1.54, 1.807) is 24.4 Å². The minimum atomic E-state index is -0.139. The Kier molecular flexibility index (Phi) is 5.57. The van der Waals surface area contributed by atoms with E-state index in [0.717, 1.165) is 18.4 Å². The maximum Gasteiger partial charge on any atom is 0.274 e. The first-order valence-corrected chi connectivity index (χ1v) is 9.41. The Bertz CT molecular complexity index is 794. The zero-order valence-electron chi connectivity index (χ0n) is 14.0. The molecule has 0 bridgehead atoms. The number of carbonyl (C=O) groups excluding carboxylic acids is 1. The smallest absolute Gasteiger partial charge is 0.274 e. The Labute approximate surface area is 162 Å². The summed E-state index contributed by atoms with van der Waals surface area (Å²) >= 11 is 18.6. The Morgan fingerprint density at radius 1 is 1.16 bits per heavy atom. The molecule has 2 unspecified atom stereocenters. The summed E-state index contributed by atoms with van der Waals surface area (Å²) in [7, 11) is 0. The summed E-state index contributed by atoms with van der Waals surface area (Å²) in [5.74, 6) is 0.0546. The summed E-state index contributed by atoms with van der Waals surface area (Å²) in [5, 5.41) is 1.63. The zero-order chi connectivity index (χ0) is 18.1. The molecule has 1 aromatic heterocycles. The predicted octanol–water partition coefficient (Wildman–Crippen LogP) is 5.84. The van der Waals surface area contributed by atoms with Gasteiger partial charge in [0.25, 0.3) is 5.91 Å². The topological polar surface area (TPSA) is 33.2 Å². The third-order valence-corrected chi connectivity index (χ3v) is 5.58. The van der Waals surface area contributed by atoms with Gasteiger partial charge < -0.3 is 4.90 Å². The number of rotatable bonds is 4. The first-order valence-electron chi connectivity index (χ1n) is 8.28. The number of amides is 1. The normalized spacial score (nSPS) is 19.6. The SMILES string of the molecule is CC(C)N(C(=O)c1ncccc1Cl)C1CCC1c1ccc(Cl)cc1Cl. The molecule has 3 rings (SSSR count). The van der Waals surface area contributed by atoms with Gasteiger partial charge in [0.15, 0.2) is 0 Å². The number of pyridine rings is 1. The van der Waals surface area contributed by atoms with Crippen LogP contribution < -0.4 is 0 Å². The van der Waals surface area contributed by atoms with Crippen molar-refractivity contribution in [3.05, 3.63) is 62.9 Å². The van der Waals surface area contributed by atoms with Crippen LogP contribution in [-0.4, -0.2) is 27.9 Å². The minimum absolute atomic E-state index is 0.0319. The van der Waals surface area contributed by atoms with Crippen molar-refractivity contribution in [2.45, 2.75) is 44.7 Å². The van der Waals surface area contributed by atoms with Crippen LogP contribution in [-0.2, 0) is 0 Å². The highest BCUT2D eigenvalue weighted by Crippen LogP contribution is 2.44. The molecular weight excluding hydrogens is 379 g/mol. The second kappa shape index (κ2) is 7.53. The molecule has 0 aliphatic heterocycles. The molecule has 1 aromatic carbocycles. The molecule has 2 atom stereocenters. The number of hydrogen-bond donors (Lipinski definition) is 0. The second-order valence-corrected chi connectivity index (χ2v) is 7.81. The molecule has 0 radical (unpaired) electrons. The van der Waals surface area contributed by atoms with E-state index in [1.165, 1.54) is 0 Å². The van der Waals surface area contributed by atoms with Crippen LogP contribution in [0.4, 0.5) is 0 Å². The summed E-state index contributed by atoms with van der Waals surface area (Å²) in [6.45, 7) is 4.02. The molecular formula is C19H19Cl3N2O. The number of hydrogen-bond acceptors (Lipinski definition) is 2. The molecule has 1 aliphatic rings. The minimum Gasteiger partial charge on any atom is -0.331 e. The average Bonchev–Trinajstić information content (AvgIpc) is 2.53. The molecule has 0 N–H and O–H groups in total. The second-order valence-electron chi connectivity index (χ2n) is 6.56. The van der Waals surface area contributed by atoms with E-state index in [2.05, 4.69) is 4.98 Å². The van der Waals surface area contributed by atoms with Crippen LogP contribution in [0.15, 0.2) is 36.5 Å². The van der Waals surface area contributed by atoms with Crippen molar-refractivity contribution < 1.29 is 4.79 Å². The molecule has 1 amide bonds. The maximum absolute atomic E-state index is 13.1. The van der Waals surface area contributed by atoms with Crippen molar-refractivity contribution in [2.24, 2.45) is 0 Å². The van der Waals surface area contributed by atoms with Gasteiger partial charge >= 0.3 is 0 Å². The van der Waals surface area contributed by atoms with E-state index in [1.807, 2.05) is 30.9 Å². The van der Waals surface area contributed by atoms with Gasteiger partial charge in [-0.3, -0.25) is 4.79 Å². The van der Waals surface area contributed by atoms with Gasteiger partial charge in [-0.25, -0.2) is 4.98 Å². The lowest BCUT2D eigenvalue weighted by Gasteiger charge is -2.46. The lowest BCUT2D eigenvalue weighted by Crippen LogP contribution is -2.52. The van der Waals surface area contributed by atoms with E-state index in [0.29, 0.717) is 20.8 Å². The first-order chi connectivity index (χ1) is 11.9. The number of benzene rings is 1. The third kappa shape index (κ3) is 3.64. The molecule has 3 nitrogen and oxygen atoms in total. The molecule has 0 spiro atoms. The average molecular weight is 398 g/mol. The van der Waals surface area contributed by atoms with Gasteiger partial charge in [0, 0.05) is 34.2 Å². The summed E-state index contributed by atoms with van der Waals surface area (Å²) in [6.07, 6.45) is 3.50. The lowest BCUT2D eigenvalue weighted by atomic mass is 9.73. The van der Waals surface area contributed by atoms with Crippen molar-refractivity contribution in [3.63, 3.8) is 0 Å². The highest BCUT2D eigenvalue weighted by molar-refractivity contribution is 6.35. The summed E-state index contributed by atoms with van der Waals surface area (Å²) in [4.78, 5) is 19.1. The van der Waals surface area contributed by atoms with Crippen LogP contribution in [0.3, 0.4) is 0 Å². The van der Waals surface area contributed by atoms with Crippen LogP contribution in [0.1, 0.15) is 48.7 Å². The van der Waals surface area contributed by atoms with Gasteiger partial charge in [-0.15, -0.1) is 0 Å². The van der Waals surface area contributed by atoms with Gasteiger partial charge in [-0.1, -0.05) is 40.9 Å². The molecule has 25 heavy (non-hydrogen) atoms. The molecule has 1 aliphatic carbocycles. The highest BCUT2D eigenvalue weighted by Gasteiger charge is 2.41. The number of nitrogens with zero attached hydrogens (tertiary/aromatic N) is 2. The predicted molar refractivity (Wildman–Crippen MR) is 103 cm³/mol. The van der Waals surface area contributed by atoms with E-state index in [9.17, 15) is 4.79 Å². The van der Waals surface area contributed by atoms with E-state index >= 15 is 0 Å². The standard InChI is InChI=1S/C19H19Cl3N2O/c1-11(2)24(19(25)18-15(21)4-3-9-23-18)17-8-7-14(17)13-6-5-12(20)10-16(13)22/h3-6,9-11,14,17H,7-8H2,1-2H3. The fourth-order valence-electron chi connectivity index (χ4n) is 3.41.